The molecule has 1 aliphatic rings. The van der Waals surface area contributed by atoms with Crippen LogP contribution < -0.4 is 0 Å². The second-order valence-corrected chi connectivity index (χ2v) is 4.94. The summed E-state index contributed by atoms with van der Waals surface area (Å²) in [5, 5.41) is 8.73. The van der Waals surface area contributed by atoms with E-state index >= 15 is 0 Å². The normalized spacial score (nSPS) is 15.1. The molecule has 0 aromatic heterocycles. The van der Waals surface area contributed by atoms with Crippen LogP contribution in [-0.2, 0) is 11.3 Å². The molecule has 1 fully saturated rings. The topological polar surface area (TPSA) is 40.5 Å². The Balaban J connectivity index is 2.03. The molecule has 0 saturated heterocycles. The summed E-state index contributed by atoms with van der Waals surface area (Å²) in [6.07, 6.45) is 2.30. The van der Waals surface area contributed by atoms with Crippen molar-refractivity contribution in [2.75, 3.05) is 6.54 Å². The van der Waals surface area contributed by atoms with Crippen molar-refractivity contribution in [3.05, 3.63) is 35.1 Å². The fourth-order valence-corrected chi connectivity index (χ4v) is 2.11. The Hall–Kier alpha value is -1.42. The van der Waals surface area contributed by atoms with Gasteiger partial charge in [0.25, 0.3) is 0 Å². The van der Waals surface area contributed by atoms with Crippen molar-refractivity contribution >= 4 is 5.97 Å². The monoisotopic (exact) mass is 251 g/mol. The third-order valence-electron chi connectivity index (χ3n) is 3.25. The first-order chi connectivity index (χ1) is 8.56. The van der Waals surface area contributed by atoms with Crippen LogP contribution >= 0.6 is 0 Å². The number of hydrogen-bond donors (Lipinski definition) is 1. The Morgan fingerprint density at radius 3 is 2.83 bits per heavy atom. The van der Waals surface area contributed by atoms with Gasteiger partial charge in [-0.2, -0.15) is 0 Å². The van der Waals surface area contributed by atoms with Crippen molar-refractivity contribution in [1.82, 2.24) is 4.90 Å². The maximum atomic E-state index is 13.7. The molecule has 0 radical (unpaired) electrons. The van der Waals surface area contributed by atoms with Crippen LogP contribution in [0.15, 0.2) is 18.2 Å². The van der Waals surface area contributed by atoms with Gasteiger partial charge < -0.3 is 5.11 Å². The lowest BCUT2D eigenvalue weighted by molar-refractivity contribution is -0.137. The molecule has 0 aliphatic heterocycles. The van der Waals surface area contributed by atoms with Gasteiger partial charge in [-0.3, -0.25) is 9.69 Å². The minimum Gasteiger partial charge on any atom is -0.481 e. The molecule has 0 heterocycles. The number of nitrogens with zero attached hydrogens (tertiary/aromatic N) is 1. The van der Waals surface area contributed by atoms with Gasteiger partial charge in [-0.25, -0.2) is 4.39 Å². The van der Waals surface area contributed by atoms with E-state index in [2.05, 4.69) is 4.90 Å². The predicted molar refractivity (Wildman–Crippen MR) is 66.8 cm³/mol. The highest BCUT2D eigenvalue weighted by molar-refractivity contribution is 5.66. The fraction of sp³-hybridized carbons (Fsp3) is 0.500. The minimum atomic E-state index is -0.801. The lowest BCUT2D eigenvalue weighted by Gasteiger charge is -2.21. The summed E-state index contributed by atoms with van der Waals surface area (Å²) in [6, 6.07) is 5.50. The zero-order valence-electron chi connectivity index (χ0n) is 10.5. The number of carbonyl (C=O) groups is 1. The summed E-state index contributed by atoms with van der Waals surface area (Å²) in [4.78, 5) is 12.7. The first-order valence-electron chi connectivity index (χ1n) is 6.27. The summed E-state index contributed by atoms with van der Waals surface area (Å²) in [6.45, 7) is 2.93. The molecular weight excluding hydrogens is 233 g/mol. The van der Waals surface area contributed by atoms with E-state index < -0.39 is 5.97 Å². The van der Waals surface area contributed by atoms with Crippen molar-refractivity contribution < 1.29 is 14.3 Å². The minimum absolute atomic E-state index is 0.115. The highest BCUT2D eigenvalue weighted by Gasteiger charge is 2.29. The Morgan fingerprint density at radius 2 is 2.22 bits per heavy atom. The van der Waals surface area contributed by atoms with E-state index in [1.807, 2.05) is 13.0 Å². The van der Waals surface area contributed by atoms with Crippen LogP contribution in [0.2, 0.25) is 0 Å². The van der Waals surface area contributed by atoms with Crippen LogP contribution in [0, 0.1) is 12.7 Å². The van der Waals surface area contributed by atoms with Gasteiger partial charge in [-0.15, -0.1) is 0 Å². The number of aryl methyl sites for hydroxylation is 1. The van der Waals surface area contributed by atoms with Gasteiger partial charge in [0.05, 0.1) is 6.42 Å². The van der Waals surface area contributed by atoms with E-state index in [1.54, 1.807) is 6.07 Å². The van der Waals surface area contributed by atoms with Gasteiger partial charge in [0.1, 0.15) is 5.82 Å². The van der Waals surface area contributed by atoms with E-state index in [4.69, 9.17) is 5.11 Å². The molecule has 0 spiro atoms. The average Bonchev–Trinajstić information content (AvgIpc) is 3.12. The molecule has 18 heavy (non-hydrogen) atoms. The molecular formula is C14H18FNO2. The zero-order chi connectivity index (χ0) is 13.1. The number of benzene rings is 1. The lowest BCUT2D eigenvalue weighted by atomic mass is 10.1. The summed E-state index contributed by atoms with van der Waals surface area (Å²) in [5.74, 6) is -1.01. The predicted octanol–water partition coefficient (Wildman–Crippen LogP) is 2.57. The number of aliphatic carboxylic acids is 1. The van der Waals surface area contributed by atoms with Crippen molar-refractivity contribution in [3.8, 4) is 0 Å². The second kappa shape index (κ2) is 5.48. The molecule has 4 heteroatoms. The summed E-state index contributed by atoms with van der Waals surface area (Å²) < 4.78 is 13.7. The zero-order valence-corrected chi connectivity index (χ0v) is 10.5. The number of carboxylic acid groups (broad SMARTS) is 1. The summed E-state index contributed by atoms with van der Waals surface area (Å²) in [5.41, 5.74) is 1.69. The smallest absolute Gasteiger partial charge is 0.304 e. The van der Waals surface area contributed by atoms with Gasteiger partial charge in [0.2, 0.25) is 0 Å². The first-order valence-corrected chi connectivity index (χ1v) is 6.27. The molecule has 2 rings (SSSR count). The Kier molecular flexibility index (Phi) is 3.97. The van der Waals surface area contributed by atoms with Crippen molar-refractivity contribution in [3.63, 3.8) is 0 Å². The largest absolute Gasteiger partial charge is 0.481 e. The molecule has 0 unspecified atom stereocenters. The molecule has 0 bridgehead atoms. The van der Waals surface area contributed by atoms with Crippen LogP contribution in [0.25, 0.3) is 0 Å². The van der Waals surface area contributed by atoms with E-state index in [9.17, 15) is 9.18 Å². The van der Waals surface area contributed by atoms with E-state index in [0.29, 0.717) is 24.7 Å². The van der Waals surface area contributed by atoms with Gasteiger partial charge >= 0.3 is 5.97 Å². The average molecular weight is 251 g/mol. The van der Waals surface area contributed by atoms with Gasteiger partial charge in [0.15, 0.2) is 0 Å². The van der Waals surface area contributed by atoms with Crippen molar-refractivity contribution in [1.29, 1.82) is 0 Å². The second-order valence-electron chi connectivity index (χ2n) is 4.94. The van der Waals surface area contributed by atoms with E-state index in [0.717, 1.165) is 18.4 Å². The quantitative estimate of drug-likeness (QED) is 0.844. The molecule has 98 valence electrons. The molecule has 1 saturated carbocycles. The van der Waals surface area contributed by atoms with Gasteiger partial charge in [-0.1, -0.05) is 17.7 Å². The maximum absolute atomic E-state index is 13.7. The van der Waals surface area contributed by atoms with Crippen LogP contribution in [0.5, 0.6) is 0 Å². The molecule has 0 amide bonds. The molecule has 3 nitrogen and oxygen atoms in total. The first kappa shape index (κ1) is 13.0. The van der Waals surface area contributed by atoms with Crippen LogP contribution in [0.3, 0.4) is 0 Å². The van der Waals surface area contributed by atoms with Gasteiger partial charge in [-0.05, 0) is 25.8 Å². The Labute approximate surface area is 106 Å². The molecule has 1 aromatic carbocycles. The van der Waals surface area contributed by atoms with Crippen molar-refractivity contribution in [2.24, 2.45) is 0 Å². The lowest BCUT2D eigenvalue weighted by Crippen LogP contribution is -2.28. The molecule has 1 aliphatic carbocycles. The molecule has 1 N–H and O–H groups in total. The number of carboxylic acids is 1. The number of halogens is 1. The highest BCUT2D eigenvalue weighted by Crippen LogP contribution is 2.29. The van der Waals surface area contributed by atoms with Crippen LogP contribution in [0.4, 0.5) is 4.39 Å². The summed E-state index contributed by atoms with van der Waals surface area (Å²) in [7, 11) is 0. The molecule has 0 atom stereocenters. The molecule has 1 aromatic rings. The summed E-state index contributed by atoms with van der Waals surface area (Å²) >= 11 is 0. The Bertz CT molecular complexity index is 443. The van der Waals surface area contributed by atoms with Crippen molar-refractivity contribution in [2.45, 2.75) is 38.8 Å². The fourth-order valence-electron chi connectivity index (χ4n) is 2.11. The van der Waals surface area contributed by atoms with Crippen LogP contribution in [-0.4, -0.2) is 28.6 Å². The van der Waals surface area contributed by atoms with Crippen LogP contribution in [0.1, 0.15) is 30.4 Å². The standard InChI is InChI=1S/C14H18FNO2/c1-10-2-5-13(15)11(8-10)9-16(12-3-4-12)7-6-14(17)18/h2,5,8,12H,3-4,6-7,9H2,1H3,(H,17,18). The third kappa shape index (κ3) is 3.53. The maximum Gasteiger partial charge on any atom is 0.304 e. The third-order valence-corrected chi connectivity index (χ3v) is 3.25. The Morgan fingerprint density at radius 1 is 1.50 bits per heavy atom. The number of rotatable bonds is 6. The van der Waals surface area contributed by atoms with Gasteiger partial charge in [0, 0.05) is 24.7 Å². The van der Waals surface area contributed by atoms with E-state index in [-0.39, 0.29) is 12.2 Å². The number of hydrogen-bond acceptors (Lipinski definition) is 2. The van der Waals surface area contributed by atoms with E-state index in [1.165, 1.54) is 6.07 Å². The SMILES string of the molecule is Cc1ccc(F)c(CN(CCC(=O)O)C2CC2)c1. The highest BCUT2D eigenvalue weighted by atomic mass is 19.1.